The first-order valence-electron chi connectivity index (χ1n) is 6.20. The number of hydrogen-bond donors (Lipinski definition) is 1. The van der Waals surface area contributed by atoms with E-state index < -0.39 is 0 Å². The highest BCUT2D eigenvalue weighted by Gasteiger charge is 2.16. The van der Waals surface area contributed by atoms with Crippen LogP contribution in [0.25, 0.3) is 11.3 Å². The average Bonchev–Trinajstić information content (AvgIpc) is 2.33. The second-order valence-corrected chi connectivity index (χ2v) is 4.79. The third-order valence-corrected chi connectivity index (χ3v) is 3.20. The molecule has 4 nitrogen and oxygen atoms in total. The molecule has 4 heteroatoms. The molecule has 1 aromatic carbocycles. The third kappa shape index (κ3) is 2.38. The zero-order valence-electron chi connectivity index (χ0n) is 12.0. The van der Waals surface area contributed by atoms with E-state index in [9.17, 15) is 0 Å². The minimum atomic E-state index is 0.518. The SMILES string of the molecule is COc1cc(C)cc(C)c1-c1nc(C)nc(N)c1C. The molecule has 2 N–H and O–H groups in total. The van der Waals surface area contributed by atoms with Gasteiger partial charge in [0.15, 0.2) is 0 Å². The van der Waals surface area contributed by atoms with Crippen molar-refractivity contribution in [2.45, 2.75) is 27.7 Å². The summed E-state index contributed by atoms with van der Waals surface area (Å²) in [5, 5.41) is 0. The van der Waals surface area contributed by atoms with Gasteiger partial charge < -0.3 is 10.5 Å². The molecule has 2 aromatic rings. The van der Waals surface area contributed by atoms with Crippen molar-refractivity contribution >= 4 is 5.82 Å². The van der Waals surface area contributed by atoms with E-state index in [-0.39, 0.29) is 0 Å². The minimum absolute atomic E-state index is 0.518. The van der Waals surface area contributed by atoms with Gasteiger partial charge in [0.05, 0.1) is 12.8 Å². The first-order valence-corrected chi connectivity index (χ1v) is 6.20. The molecule has 0 aliphatic carbocycles. The Hall–Kier alpha value is -2.10. The maximum Gasteiger partial charge on any atom is 0.130 e. The summed E-state index contributed by atoms with van der Waals surface area (Å²) >= 11 is 0. The number of benzene rings is 1. The van der Waals surface area contributed by atoms with Gasteiger partial charge in [0, 0.05) is 11.1 Å². The maximum atomic E-state index is 5.94. The van der Waals surface area contributed by atoms with E-state index in [2.05, 4.69) is 23.0 Å². The predicted octanol–water partition coefficient (Wildman–Crippen LogP) is 2.97. The lowest BCUT2D eigenvalue weighted by atomic mass is 9.98. The highest BCUT2D eigenvalue weighted by molar-refractivity contribution is 5.76. The van der Waals surface area contributed by atoms with Gasteiger partial charge in [-0.3, -0.25) is 0 Å². The Morgan fingerprint density at radius 3 is 2.37 bits per heavy atom. The number of nitrogens with zero attached hydrogens (tertiary/aromatic N) is 2. The van der Waals surface area contributed by atoms with Crippen LogP contribution in [0.2, 0.25) is 0 Å². The van der Waals surface area contributed by atoms with E-state index in [0.717, 1.165) is 33.7 Å². The Labute approximate surface area is 113 Å². The molecule has 100 valence electrons. The lowest BCUT2D eigenvalue weighted by Gasteiger charge is -2.15. The Morgan fingerprint density at radius 2 is 1.74 bits per heavy atom. The second-order valence-electron chi connectivity index (χ2n) is 4.79. The third-order valence-electron chi connectivity index (χ3n) is 3.20. The Kier molecular flexibility index (Phi) is 3.42. The van der Waals surface area contributed by atoms with Crippen molar-refractivity contribution in [2.24, 2.45) is 0 Å². The number of aromatic nitrogens is 2. The number of nitrogens with two attached hydrogens (primary N) is 1. The molecule has 19 heavy (non-hydrogen) atoms. The standard InChI is InChI=1S/C15H19N3O/c1-8-6-9(2)13(12(7-8)19-5)14-10(3)15(16)18-11(4)17-14/h6-7H,1-5H3,(H2,16,17,18). The van der Waals surface area contributed by atoms with Gasteiger partial charge in [0.2, 0.25) is 0 Å². The van der Waals surface area contributed by atoms with Crippen LogP contribution >= 0.6 is 0 Å². The molecule has 0 aliphatic heterocycles. The van der Waals surface area contributed by atoms with Gasteiger partial charge in [-0.2, -0.15) is 0 Å². The van der Waals surface area contributed by atoms with Crippen LogP contribution in [-0.4, -0.2) is 17.1 Å². The summed E-state index contributed by atoms with van der Waals surface area (Å²) < 4.78 is 5.49. The van der Waals surface area contributed by atoms with E-state index in [4.69, 9.17) is 10.5 Å². The molecule has 0 unspecified atom stereocenters. The van der Waals surface area contributed by atoms with Crippen LogP contribution in [0.15, 0.2) is 12.1 Å². The minimum Gasteiger partial charge on any atom is -0.496 e. The summed E-state index contributed by atoms with van der Waals surface area (Å²) in [7, 11) is 1.67. The van der Waals surface area contributed by atoms with Gasteiger partial charge >= 0.3 is 0 Å². The van der Waals surface area contributed by atoms with Crippen LogP contribution in [0, 0.1) is 27.7 Å². The van der Waals surface area contributed by atoms with Crippen molar-refractivity contribution < 1.29 is 4.74 Å². The summed E-state index contributed by atoms with van der Waals surface area (Å²) in [6.07, 6.45) is 0. The molecular formula is C15H19N3O. The zero-order valence-corrected chi connectivity index (χ0v) is 12.0. The monoisotopic (exact) mass is 257 g/mol. The van der Waals surface area contributed by atoms with E-state index in [0.29, 0.717) is 11.6 Å². The maximum absolute atomic E-state index is 5.94. The van der Waals surface area contributed by atoms with Crippen LogP contribution < -0.4 is 10.5 Å². The number of rotatable bonds is 2. The van der Waals surface area contributed by atoms with E-state index in [1.807, 2.05) is 26.8 Å². The molecule has 0 spiro atoms. The van der Waals surface area contributed by atoms with E-state index in [1.165, 1.54) is 0 Å². The Morgan fingerprint density at radius 1 is 1.05 bits per heavy atom. The smallest absolute Gasteiger partial charge is 0.130 e. The number of nitrogen functional groups attached to an aromatic ring is 1. The van der Waals surface area contributed by atoms with Crippen LogP contribution in [0.3, 0.4) is 0 Å². The van der Waals surface area contributed by atoms with Gasteiger partial charge in [-0.1, -0.05) is 6.07 Å². The molecule has 0 amide bonds. The number of ether oxygens (including phenoxy) is 1. The highest BCUT2D eigenvalue weighted by Crippen LogP contribution is 2.35. The van der Waals surface area contributed by atoms with Gasteiger partial charge in [-0.25, -0.2) is 9.97 Å². The molecule has 0 bridgehead atoms. The van der Waals surface area contributed by atoms with Gasteiger partial charge in [0.25, 0.3) is 0 Å². The van der Waals surface area contributed by atoms with Gasteiger partial charge in [-0.05, 0) is 44.9 Å². The molecule has 0 atom stereocenters. The summed E-state index contributed by atoms with van der Waals surface area (Å²) in [4.78, 5) is 8.72. The topological polar surface area (TPSA) is 61.0 Å². The first-order chi connectivity index (χ1) is 8.93. The molecule has 1 heterocycles. The summed E-state index contributed by atoms with van der Waals surface area (Å²) in [6, 6.07) is 4.13. The van der Waals surface area contributed by atoms with Crippen LogP contribution in [0.5, 0.6) is 5.75 Å². The Bertz CT molecular complexity index is 636. The number of hydrogen-bond acceptors (Lipinski definition) is 4. The molecule has 0 saturated heterocycles. The Balaban J connectivity index is 2.79. The fourth-order valence-corrected chi connectivity index (χ4v) is 2.29. The zero-order chi connectivity index (χ0) is 14.2. The quantitative estimate of drug-likeness (QED) is 0.898. The molecule has 0 fully saturated rings. The molecular weight excluding hydrogens is 238 g/mol. The van der Waals surface area contributed by atoms with Gasteiger partial charge in [0.1, 0.15) is 17.4 Å². The lowest BCUT2D eigenvalue weighted by molar-refractivity contribution is 0.415. The molecule has 0 saturated carbocycles. The molecule has 0 aliphatic rings. The van der Waals surface area contributed by atoms with E-state index >= 15 is 0 Å². The fourth-order valence-electron chi connectivity index (χ4n) is 2.29. The average molecular weight is 257 g/mol. The van der Waals surface area contributed by atoms with Crippen molar-refractivity contribution in [3.8, 4) is 17.0 Å². The predicted molar refractivity (Wildman–Crippen MR) is 77.4 cm³/mol. The van der Waals surface area contributed by atoms with Crippen molar-refractivity contribution in [3.63, 3.8) is 0 Å². The molecule has 1 aromatic heterocycles. The lowest BCUT2D eigenvalue weighted by Crippen LogP contribution is -2.04. The summed E-state index contributed by atoms with van der Waals surface area (Å²) in [5.41, 5.74) is 10.9. The number of aryl methyl sites for hydroxylation is 3. The summed E-state index contributed by atoms with van der Waals surface area (Å²) in [5.74, 6) is 2.00. The van der Waals surface area contributed by atoms with Crippen LogP contribution in [0.4, 0.5) is 5.82 Å². The van der Waals surface area contributed by atoms with E-state index in [1.54, 1.807) is 7.11 Å². The van der Waals surface area contributed by atoms with Crippen molar-refractivity contribution in [1.29, 1.82) is 0 Å². The van der Waals surface area contributed by atoms with Crippen LogP contribution in [-0.2, 0) is 0 Å². The van der Waals surface area contributed by atoms with Gasteiger partial charge in [-0.15, -0.1) is 0 Å². The first kappa shape index (κ1) is 13.3. The fraction of sp³-hybridized carbons (Fsp3) is 0.333. The second kappa shape index (κ2) is 4.88. The molecule has 2 rings (SSSR count). The normalized spacial score (nSPS) is 10.6. The van der Waals surface area contributed by atoms with Crippen molar-refractivity contribution in [3.05, 3.63) is 34.6 Å². The number of methoxy groups -OCH3 is 1. The number of anilines is 1. The summed E-state index contributed by atoms with van der Waals surface area (Å²) in [6.45, 7) is 7.88. The highest BCUT2D eigenvalue weighted by atomic mass is 16.5. The largest absolute Gasteiger partial charge is 0.496 e. The van der Waals surface area contributed by atoms with Crippen molar-refractivity contribution in [2.75, 3.05) is 12.8 Å². The van der Waals surface area contributed by atoms with Crippen LogP contribution in [0.1, 0.15) is 22.5 Å². The molecule has 0 radical (unpaired) electrons. The van der Waals surface area contributed by atoms with Crippen molar-refractivity contribution in [1.82, 2.24) is 9.97 Å².